The number of ether oxygens (including phenoxy) is 4. The molecule has 0 saturated heterocycles. The fourth-order valence-electron chi connectivity index (χ4n) is 3.15. The summed E-state index contributed by atoms with van der Waals surface area (Å²) in [4.78, 5) is 12.2. The van der Waals surface area contributed by atoms with E-state index in [1.54, 1.807) is 31.5 Å². The van der Waals surface area contributed by atoms with Gasteiger partial charge in [0.1, 0.15) is 6.61 Å². The van der Waals surface area contributed by atoms with Gasteiger partial charge in [-0.1, -0.05) is 29.8 Å². The summed E-state index contributed by atoms with van der Waals surface area (Å²) in [5.74, 6) is 2.29. The minimum atomic E-state index is -0.241. The van der Waals surface area contributed by atoms with Gasteiger partial charge in [-0.3, -0.25) is 4.79 Å². The average Bonchev–Trinajstić information content (AvgIpc) is 3.27. The van der Waals surface area contributed by atoms with Gasteiger partial charge in [-0.15, -0.1) is 0 Å². The number of rotatable bonds is 8. The van der Waals surface area contributed by atoms with Gasteiger partial charge < -0.3 is 18.9 Å². The molecule has 0 bridgehead atoms. The van der Waals surface area contributed by atoms with Crippen LogP contribution in [0.1, 0.15) is 16.7 Å². The second-order valence-electron chi connectivity index (χ2n) is 7.11. The van der Waals surface area contributed by atoms with E-state index in [1.165, 1.54) is 0 Å². The molecule has 0 atom stereocenters. The Hall–Kier alpha value is -2.98. The number of carbonyl (C=O) groups excluding carboxylic acids is 1. The predicted molar refractivity (Wildman–Crippen MR) is 134 cm³/mol. The van der Waals surface area contributed by atoms with Crippen molar-refractivity contribution in [3.8, 4) is 23.0 Å². The number of hydrogen-bond acceptors (Lipinski definition) is 6. The number of hydrazone groups is 1. The summed E-state index contributed by atoms with van der Waals surface area (Å²) in [5.41, 5.74) is 5.11. The van der Waals surface area contributed by atoms with E-state index in [1.807, 2.05) is 36.4 Å². The molecule has 1 N–H and O–H groups in total. The van der Waals surface area contributed by atoms with Crippen LogP contribution in [0.2, 0.25) is 5.02 Å². The number of methoxy groups -OCH3 is 1. The molecule has 0 spiro atoms. The van der Waals surface area contributed by atoms with Crippen LogP contribution in [0.25, 0.3) is 0 Å². The van der Waals surface area contributed by atoms with Crippen LogP contribution < -0.4 is 24.4 Å². The lowest BCUT2D eigenvalue weighted by molar-refractivity contribution is -0.120. The molecule has 3 aromatic rings. The van der Waals surface area contributed by atoms with Gasteiger partial charge in [-0.25, -0.2) is 5.43 Å². The fraction of sp³-hybridized carbons (Fsp3) is 0.167. The molecule has 7 nitrogen and oxygen atoms in total. The molecule has 0 aliphatic carbocycles. The Bertz CT molecular complexity index is 1180. The van der Waals surface area contributed by atoms with Crippen molar-refractivity contribution in [2.24, 2.45) is 5.10 Å². The lowest BCUT2D eigenvalue weighted by Crippen LogP contribution is -2.19. The molecule has 3 aromatic carbocycles. The number of carbonyl (C=O) groups is 1. The largest absolute Gasteiger partial charge is 0.493 e. The molecule has 1 amide bonds. The molecular formula is C24H20ClIN2O5. The molecule has 0 fully saturated rings. The summed E-state index contributed by atoms with van der Waals surface area (Å²) >= 11 is 8.11. The van der Waals surface area contributed by atoms with Crippen LogP contribution in [0.5, 0.6) is 23.0 Å². The lowest BCUT2D eigenvalue weighted by atomic mass is 10.1. The van der Waals surface area contributed by atoms with Crippen LogP contribution in [-0.4, -0.2) is 26.0 Å². The Balaban J connectivity index is 1.36. The Morgan fingerprint density at radius 2 is 1.88 bits per heavy atom. The van der Waals surface area contributed by atoms with Crippen LogP contribution in [-0.2, 0) is 17.8 Å². The van der Waals surface area contributed by atoms with Crippen molar-refractivity contribution in [3.63, 3.8) is 0 Å². The first-order chi connectivity index (χ1) is 16.0. The van der Waals surface area contributed by atoms with Gasteiger partial charge in [0, 0.05) is 5.02 Å². The van der Waals surface area contributed by atoms with Gasteiger partial charge in [0.15, 0.2) is 23.0 Å². The summed E-state index contributed by atoms with van der Waals surface area (Å²) in [6.07, 6.45) is 1.73. The first-order valence-corrected chi connectivity index (χ1v) is 11.4. The average molecular weight is 579 g/mol. The zero-order valence-electron chi connectivity index (χ0n) is 17.6. The Morgan fingerprint density at radius 1 is 1.12 bits per heavy atom. The number of hydrogen-bond donors (Lipinski definition) is 1. The molecule has 0 unspecified atom stereocenters. The van der Waals surface area contributed by atoms with Gasteiger partial charge in [0.2, 0.25) is 12.7 Å². The Morgan fingerprint density at radius 3 is 2.67 bits per heavy atom. The summed E-state index contributed by atoms with van der Waals surface area (Å²) in [6.45, 7) is 0.579. The van der Waals surface area contributed by atoms with Crippen LogP contribution in [0, 0.1) is 3.57 Å². The standard InChI is InChI=1S/C24H20ClIN2O5/c1-30-22-10-17(8-19(26)24(22)31-13-15-2-5-18(25)6-3-15)12-27-28-23(29)11-16-4-7-20-21(9-16)33-14-32-20/h2-10,12H,11,13-14H2,1H3,(H,28,29)/b27-12-. The van der Waals surface area contributed by atoms with Gasteiger partial charge in [0.05, 0.1) is 23.3 Å². The molecule has 1 heterocycles. The predicted octanol–water partition coefficient (Wildman–Crippen LogP) is 4.95. The molecule has 4 rings (SSSR count). The van der Waals surface area contributed by atoms with Crippen molar-refractivity contribution < 1.29 is 23.7 Å². The number of halogens is 2. The SMILES string of the molecule is COc1cc(/C=N\NC(=O)Cc2ccc3c(c2)OCO3)cc(I)c1OCc1ccc(Cl)cc1. The molecule has 0 aromatic heterocycles. The van der Waals surface area contributed by atoms with Gasteiger partial charge >= 0.3 is 0 Å². The first-order valence-electron chi connectivity index (χ1n) is 9.97. The first kappa shape index (κ1) is 23.2. The monoisotopic (exact) mass is 578 g/mol. The molecule has 1 aliphatic rings. The summed E-state index contributed by atoms with van der Waals surface area (Å²) in [6, 6.07) is 16.6. The van der Waals surface area contributed by atoms with Crippen LogP contribution in [0.4, 0.5) is 0 Å². The van der Waals surface area contributed by atoms with Gasteiger partial charge in [0.25, 0.3) is 0 Å². The highest BCUT2D eigenvalue weighted by Gasteiger charge is 2.15. The highest BCUT2D eigenvalue weighted by atomic mass is 127. The van der Waals surface area contributed by atoms with Crippen molar-refractivity contribution in [2.75, 3.05) is 13.9 Å². The number of nitrogens with zero attached hydrogens (tertiary/aromatic N) is 1. The fourth-order valence-corrected chi connectivity index (χ4v) is 4.05. The van der Waals surface area contributed by atoms with Crippen molar-refractivity contribution in [1.29, 1.82) is 0 Å². The summed E-state index contributed by atoms with van der Waals surface area (Å²) in [7, 11) is 1.58. The third-order valence-corrected chi connectivity index (χ3v) is 5.81. The number of amides is 1. The Kier molecular flexibility index (Phi) is 7.56. The highest BCUT2D eigenvalue weighted by Crippen LogP contribution is 2.34. The third kappa shape index (κ3) is 6.08. The smallest absolute Gasteiger partial charge is 0.244 e. The van der Waals surface area contributed by atoms with E-state index in [4.69, 9.17) is 30.5 Å². The minimum absolute atomic E-state index is 0.173. The quantitative estimate of drug-likeness (QED) is 0.232. The Labute approximate surface area is 209 Å². The maximum atomic E-state index is 12.2. The zero-order chi connectivity index (χ0) is 23.2. The minimum Gasteiger partial charge on any atom is -0.493 e. The number of nitrogens with one attached hydrogen (secondary N) is 1. The second-order valence-corrected chi connectivity index (χ2v) is 8.71. The van der Waals surface area contributed by atoms with Crippen LogP contribution in [0.15, 0.2) is 59.7 Å². The molecular weight excluding hydrogens is 559 g/mol. The molecule has 1 aliphatic heterocycles. The van der Waals surface area contributed by atoms with E-state index in [2.05, 4.69) is 33.1 Å². The van der Waals surface area contributed by atoms with Crippen molar-refractivity contribution in [3.05, 3.63) is 79.9 Å². The number of fused-ring (bicyclic) bond motifs is 1. The van der Waals surface area contributed by atoms with E-state index in [0.717, 1.165) is 20.3 Å². The normalized spacial score (nSPS) is 12.1. The third-order valence-electron chi connectivity index (χ3n) is 4.75. The summed E-state index contributed by atoms with van der Waals surface area (Å²) in [5, 5.41) is 4.74. The van der Waals surface area contributed by atoms with E-state index >= 15 is 0 Å². The topological polar surface area (TPSA) is 78.4 Å². The van der Waals surface area contributed by atoms with Crippen molar-refractivity contribution >= 4 is 46.3 Å². The molecule has 0 saturated carbocycles. The second kappa shape index (κ2) is 10.8. The zero-order valence-corrected chi connectivity index (χ0v) is 20.6. The molecule has 170 valence electrons. The highest BCUT2D eigenvalue weighted by molar-refractivity contribution is 14.1. The van der Waals surface area contributed by atoms with E-state index in [-0.39, 0.29) is 19.1 Å². The lowest BCUT2D eigenvalue weighted by Gasteiger charge is -2.13. The van der Waals surface area contributed by atoms with Gasteiger partial charge in [-0.05, 0) is 75.7 Å². The van der Waals surface area contributed by atoms with E-state index < -0.39 is 0 Å². The van der Waals surface area contributed by atoms with Crippen LogP contribution >= 0.6 is 34.2 Å². The maximum absolute atomic E-state index is 12.2. The molecule has 0 radical (unpaired) electrons. The molecule has 33 heavy (non-hydrogen) atoms. The van der Waals surface area contributed by atoms with E-state index in [0.29, 0.717) is 34.6 Å². The number of benzene rings is 3. The molecule has 9 heteroatoms. The van der Waals surface area contributed by atoms with Crippen molar-refractivity contribution in [1.82, 2.24) is 5.43 Å². The van der Waals surface area contributed by atoms with Gasteiger partial charge in [-0.2, -0.15) is 5.10 Å². The van der Waals surface area contributed by atoms with E-state index in [9.17, 15) is 4.79 Å². The van der Waals surface area contributed by atoms with Crippen LogP contribution in [0.3, 0.4) is 0 Å². The maximum Gasteiger partial charge on any atom is 0.244 e. The van der Waals surface area contributed by atoms with Crippen molar-refractivity contribution in [2.45, 2.75) is 13.0 Å². The summed E-state index contributed by atoms with van der Waals surface area (Å²) < 4.78 is 22.9.